The molecule has 1 aromatic carbocycles. The maximum atomic E-state index is 12.0. The second-order valence-corrected chi connectivity index (χ2v) is 6.06. The number of nitro groups is 1. The van der Waals surface area contributed by atoms with Crippen LogP contribution in [-0.2, 0) is 16.2 Å². The van der Waals surface area contributed by atoms with Crippen molar-refractivity contribution in [1.29, 1.82) is 0 Å². The van der Waals surface area contributed by atoms with Crippen LogP contribution in [0, 0.1) is 10.1 Å². The van der Waals surface area contributed by atoms with Gasteiger partial charge in [0.15, 0.2) is 0 Å². The number of hydrogen-bond donors (Lipinski definition) is 4. The minimum Gasteiger partial charge on any atom is -0.487 e. The predicted octanol–water partition coefficient (Wildman–Crippen LogP) is -0.297. The van der Waals surface area contributed by atoms with Gasteiger partial charge in [-0.3, -0.25) is 14.5 Å². The van der Waals surface area contributed by atoms with Gasteiger partial charge in [0.25, 0.3) is 0 Å². The fourth-order valence-electron chi connectivity index (χ4n) is 2.09. The van der Waals surface area contributed by atoms with Crippen molar-refractivity contribution in [3.63, 3.8) is 0 Å². The van der Waals surface area contributed by atoms with Crippen molar-refractivity contribution in [1.82, 2.24) is 10.2 Å². The van der Waals surface area contributed by atoms with Crippen molar-refractivity contribution in [2.24, 2.45) is 4.99 Å². The Kier molecular flexibility index (Phi) is 10.5. The van der Waals surface area contributed by atoms with E-state index in [1.165, 1.54) is 37.3 Å². The zero-order valence-electron chi connectivity index (χ0n) is 16.7. The van der Waals surface area contributed by atoms with Crippen LogP contribution in [0.5, 0.6) is 5.75 Å². The summed E-state index contributed by atoms with van der Waals surface area (Å²) in [6.45, 7) is -0.862. The van der Waals surface area contributed by atoms with Gasteiger partial charge in [-0.25, -0.2) is 0 Å². The molecule has 0 saturated heterocycles. The number of nitrogens with one attached hydrogen (secondary N) is 2. The molecule has 12 nitrogen and oxygen atoms in total. The standard InChI is InChI=1S/C18H25N5O7/c1-22(2)18(23(28)29)19-7-3-9-30-15-5-4-13(12-25)10-14(15)21-17(27)11-20-16(26)6-8-24/h3-5,7,10,24-25H,6,8-9,11-12H2,1-2H3,(H,20,26)(H,21,27)/b7-3+,19-18+. The minimum absolute atomic E-state index is 0.0104. The van der Waals surface area contributed by atoms with E-state index in [1.807, 2.05) is 0 Å². The van der Waals surface area contributed by atoms with Crippen LogP contribution in [-0.4, -0.2) is 71.7 Å². The van der Waals surface area contributed by atoms with Crippen LogP contribution in [0.3, 0.4) is 0 Å². The Morgan fingerprint density at radius 2 is 2.03 bits per heavy atom. The first-order valence-corrected chi connectivity index (χ1v) is 8.87. The van der Waals surface area contributed by atoms with Crippen LogP contribution in [0.15, 0.2) is 35.5 Å². The van der Waals surface area contributed by atoms with Gasteiger partial charge in [0.05, 0.1) is 39.5 Å². The molecule has 0 bridgehead atoms. The summed E-state index contributed by atoms with van der Waals surface area (Å²) >= 11 is 0. The van der Waals surface area contributed by atoms with Crippen molar-refractivity contribution < 1.29 is 29.5 Å². The number of aliphatic hydroxyl groups excluding tert-OH is 2. The Labute approximate surface area is 173 Å². The molecule has 4 N–H and O–H groups in total. The normalized spacial score (nSPS) is 11.3. The third-order valence-electron chi connectivity index (χ3n) is 3.48. The van der Waals surface area contributed by atoms with E-state index in [2.05, 4.69) is 15.6 Å². The van der Waals surface area contributed by atoms with Crippen LogP contribution < -0.4 is 15.4 Å². The van der Waals surface area contributed by atoms with Gasteiger partial charge in [0, 0.05) is 6.42 Å². The molecule has 0 aromatic heterocycles. The number of rotatable bonds is 10. The van der Waals surface area contributed by atoms with Crippen molar-refractivity contribution in [3.05, 3.63) is 46.2 Å². The Hall–Kier alpha value is -3.51. The highest BCUT2D eigenvalue weighted by Gasteiger charge is 2.12. The van der Waals surface area contributed by atoms with Gasteiger partial charge in [0.1, 0.15) is 18.6 Å². The monoisotopic (exact) mass is 423 g/mol. The van der Waals surface area contributed by atoms with E-state index < -0.39 is 16.7 Å². The van der Waals surface area contributed by atoms with Crippen molar-refractivity contribution in [2.45, 2.75) is 13.0 Å². The molecule has 164 valence electrons. The van der Waals surface area contributed by atoms with E-state index in [-0.39, 0.29) is 50.2 Å². The highest BCUT2D eigenvalue weighted by atomic mass is 16.6. The number of nitrogens with zero attached hydrogens (tertiary/aromatic N) is 3. The number of carbonyl (C=O) groups excluding carboxylic acids is 2. The molecule has 0 fully saturated rings. The molecule has 0 aliphatic rings. The van der Waals surface area contributed by atoms with E-state index in [0.717, 1.165) is 0 Å². The summed E-state index contributed by atoms with van der Waals surface area (Å²) in [7, 11) is 2.99. The SMILES string of the molecule is CN(C)/C(=N\C=C\COc1ccc(CO)cc1NC(=O)CNC(=O)CCO)[N+](=O)[O-]. The van der Waals surface area contributed by atoms with Crippen LogP contribution in [0.1, 0.15) is 12.0 Å². The molecule has 0 atom stereocenters. The summed E-state index contributed by atoms with van der Waals surface area (Å²) < 4.78 is 5.55. The number of aliphatic imine (C=N–C) groups is 1. The Morgan fingerprint density at radius 3 is 2.63 bits per heavy atom. The molecule has 0 aliphatic carbocycles. The quantitative estimate of drug-likeness (QED) is 0.172. The molecule has 0 saturated carbocycles. The highest BCUT2D eigenvalue weighted by Crippen LogP contribution is 2.26. The van der Waals surface area contributed by atoms with E-state index >= 15 is 0 Å². The second kappa shape index (κ2) is 12.9. The molecule has 1 rings (SSSR count). The van der Waals surface area contributed by atoms with E-state index in [4.69, 9.17) is 9.84 Å². The maximum absolute atomic E-state index is 12.0. The number of carbonyl (C=O) groups is 2. The fraction of sp³-hybridized carbons (Fsp3) is 0.389. The van der Waals surface area contributed by atoms with Gasteiger partial charge in [-0.15, -0.1) is 0 Å². The molecule has 0 unspecified atom stereocenters. The van der Waals surface area contributed by atoms with Crippen molar-refractivity contribution in [3.8, 4) is 5.75 Å². The zero-order valence-corrected chi connectivity index (χ0v) is 16.7. The minimum atomic E-state index is -0.619. The maximum Gasteiger partial charge on any atom is 0.429 e. The molecule has 0 radical (unpaired) electrons. The van der Waals surface area contributed by atoms with Gasteiger partial charge in [-0.2, -0.15) is 0 Å². The van der Waals surface area contributed by atoms with Gasteiger partial charge < -0.3 is 35.7 Å². The number of benzene rings is 1. The molecule has 2 amide bonds. The molecular weight excluding hydrogens is 398 g/mol. The molecular formula is C18H25N5O7. The fourth-order valence-corrected chi connectivity index (χ4v) is 2.09. The second-order valence-electron chi connectivity index (χ2n) is 6.06. The van der Waals surface area contributed by atoms with Gasteiger partial charge >= 0.3 is 5.96 Å². The Bertz CT molecular complexity index is 808. The number of ether oxygens (including phenoxy) is 1. The third-order valence-corrected chi connectivity index (χ3v) is 3.48. The summed E-state index contributed by atoms with van der Waals surface area (Å²) in [4.78, 5) is 38.6. The third kappa shape index (κ3) is 8.67. The van der Waals surface area contributed by atoms with Crippen LogP contribution in [0.2, 0.25) is 0 Å². The molecule has 1 aromatic rings. The van der Waals surface area contributed by atoms with E-state index in [0.29, 0.717) is 5.56 Å². The Balaban J connectivity index is 2.77. The first kappa shape index (κ1) is 24.5. The average Bonchev–Trinajstić information content (AvgIpc) is 2.69. The number of amides is 2. The lowest BCUT2D eigenvalue weighted by Gasteiger charge is -2.13. The Morgan fingerprint density at radius 1 is 1.30 bits per heavy atom. The lowest BCUT2D eigenvalue weighted by atomic mass is 10.2. The molecule has 0 spiro atoms. The lowest BCUT2D eigenvalue weighted by Crippen LogP contribution is -2.33. The smallest absolute Gasteiger partial charge is 0.429 e. The zero-order chi connectivity index (χ0) is 22.5. The number of guanidine groups is 1. The number of aliphatic hydroxyl groups is 2. The highest BCUT2D eigenvalue weighted by molar-refractivity contribution is 5.95. The number of anilines is 1. The van der Waals surface area contributed by atoms with E-state index in [9.17, 15) is 24.8 Å². The average molecular weight is 423 g/mol. The molecule has 12 heteroatoms. The number of hydrogen-bond acceptors (Lipinski definition) is 8. The predicted molar refractivity (Wildman–Crippen MR) is 108 cm³/mol. The molecule has 30 heavy (non-hydrogen) atoms. The van der Waals surface area contributed by atoms with Crippen LogP contribution in [0.25, 0.3) is 0 Å². The first-order chi connectivity index (χ1) is 14.3. The van der Waals surface area contributed by atoms with Gasteiger partial charge in [0.2, 0.25) is 11.8 Å². The lowest BCUT2D eigenvalue weighted by molar-refractivity contribution is -0.362. The topological polar surface area (TPSA) is 167 Å². The largest absolute Gasteiger partial charge is 0.487 e. The van der Waals surface area contributed by atoms with Gasteiger partial charge in [-0.05, 0) is 28.7 Å². The summed E-state index contributed by atoms with van der Waals surface area (Å²) in [5, 5.41) is 33.7. The summed E-state index contributed by atoms with van der Waals surface area (Å²) in [5.41, 5.74) is 0.808. The van der Waals surface area contributed by atoms with Crippen molar-refractivity contribution in [2.75, 3.05) is 39.2 Å². The molecule has 0 heterocycles. The van der Waals surface area contributed by atoms with Gasteiger partial charge in [-0.1, -0.05) is 11.1 Å². The van der Waals surface area contributed by atoms with Crippen LogP contribution in [0.4, 0.5) is 5.69 Å². The summed E-state index contributed by atoms with van der Waals surface area (Å²) in [6.07, 6.45) is 2.57. The van der Waals surface area contributed by atoms with E-state index in [1.54, 1.807) is 12.1 Å². The van der Waals surface area contributed by atoms with Crippen LogP contribution >= 0.6 is 0 Å². The molecule has 0 aliphatic heterocycles. The van der Waals surface area contributed by atoms with Crippen molar-refractivity contribution >= 4 is 23.5 Å². The summed E-state index contributed by atoms with van der Waals surface area (Å²) in [6, 6.07) is 4.67. The first-order valence-electron chi connectivity index (χ1n) is 8.87. The summed E-state index contributed by atoms with van der Waals surface area (Å²) in [5.74, 6) is -1.04.